The third kappa shape index (κ3) is 2.00. The first kappa shape index (κ1) is 10.9. The van der Waals surface area contributed by atoms with Crippen LogP contribution in [0.5, 0.6) is 0 Å². The number of nitrogens with two attached hydrogens (primary N) is 1. The van der Waals surface area contributed by atoms with Crippen molar-refractivity contribution >= 4 is 11.4 Å². The molecule has 2 saturated heterocycles. The average molecular weight is 232 g/mol. The Hall–Kier alpha value is -1.22. The minimum Gasteiger partial charge on any atom is -0.397 e. The van der Waals surface area contributed by atoms with Gasteiger partial charge >= 0.3 is 0 Å². The fraction of sp³-hybridized carbons (Fsp3) is 0.571. The van der Waals surface area contributed by atoms with E-state index in [9.17, 15) is 0 Å². The molecule has 1 atom stereocenters. The molecule has 0 aliphatic carbocycles. The molecule has 17 heavy (non-hydrogen) atoms. The normalized spacial score (nSPS) is 28.8. The highest BCUT2D eigenvalue weighted by Crippen LogP contribution is 2.37. The number of hydrogen-bond donors (Lipinski definition) is 1. The maximum atomic E-state index is 6.04. The van der Waals surface area contributed by atoms with Gasteiger partial charge in [0.15, 0.2) is 0 Å². The second-order valence-electron chi connectivity index (χ2n) is 5.22. The molecule has 1 aromatic carbocycles. The second kappa shape index (κ2) is 4.22. The van der Waals surface area contributed by atoms with Crippen LogP contribution in [0.2, 0.25) is 0 Å². The molecule has 3 nitrogen and oxygen atoms in total. The summed E-state index contributed by atoms with van der Waals surface area (Å²) in [5, 5.41) is 0. The molecule has 2 fully saturated rings. The second-order valence-corrected chi connectivity index (χ2v) is 5.22. The Kier molecular flexibility index (Phi) is 2.71. The molecule has 2 aliphatic heterocycles. The Bertz CT molecular complexity index is 399. The molecule has 92 valence electrons. The van der Waals surface area contributed by atoms with Crippen molar-refractivity contribution in [3.05, 3.63) is 24.3 Å². The van der Waals surface area contributed by atoms with Gasteiger partial charge in [-0.25, -0.2) is 0 Å². The summed E-state index contributed by atoms with van der Waals surface area (Å²) < 4.78 is 6.04. The Morgan fingerprint density at radius 2 is 2.06 bits per heavy atom. The predicted octanol–water partition coefficient (Wildman–Crippen LogP) is 2.42. The molecule has 0 radical (unpaired) electrons. The first-order valence-electron chi connectivity index (χ1n) is 6.53. The molecular formula is C14H20N2O. The summed E-state index contributed by atoms with van der Waals surface area (Å²) in [6.07, 6.45) is 4.87. The standard InChI is InChI=1S/C14H20N2O/c15-12-5-1-2-6-13(12)16-9-8-14(11-16)7-3-4-10-17-14/h1-2,5-6H,3-4,7-11,15H2. The highest BCUT2D eigenvalue weighted by molar-refractivity contribution is 5.67. The number of benzene rings is 1. The van der Waals surface area contributed by atoms with Gasteiger partial charge in [0.25, 0.3) is 0 Å². The first-order chi connectivity index (χ1) is 8.29. The van der Waals surface area contributed by atoms with Crippen LogP contribution < -0.4 is 10.6 Å². The first-order valence-corrected chi connectivity index (χ1v) is 6.53. The van der Waals surface area contributed by atoms with E-state index in [1.807, 2.05) is 12.1 Å². The summed E-state index contributed by atoms with van der Waals surface area (Å²) in [6.45, 7) is 2.99. The van der Waals surface area contributed by atoms with Crippen LogP contribution in [0, 0.1) is 0 Å². The molecule has 1 spiro atoms. The maximum Gasteiger partial charge on any atom is 0.0873 e. The van der Waals surface area contributed by atoms with Gasteiger partial charge in [0.1, 0.15) is 0 Å². The van der Waals surface area contributed by atoms with E-state index in [0.29, 0.717) is 0 Å². The lowest BCUT2D eigenvalue weighted by molar-refractivity contribution is -0.0621. The van der Waals surface area contributed by atoms with Crippen LogP contribution >= 0.6 is 0 Å². The van der Waals surface area contributed by atoms with Crippen molar-refractivity contribution in [1.29, 1.82) is 0 Å². The number of nitrogens with zero attached hydrogens (tertiary/aromatic N) is 1. The topological polar surface area (TPSA) is 38.5 Å². The van der Waals surface area contributed by atoms with Gasteiger partial charge in [-0.1, -0.05) is 12.1 Å². The number of rotatable bonds is 1. The van der Waals surface area contributed by atoms with Gasteiger partial charge in [0, 0.05) is 19.7 Å². The van der Waals surface area contributed by atoms with E-state index < -0.39 is 0 Å². The van der Waals surface area contributed by atoms with Crippen LogP contribution in [0.1, 0.15) is 25.7 Å². The molecule has 1 unspecified atom stereocenters. The van der Waals surface area contributed by atoms with Gasteiger partial charge in [0.05, 0.1) is 17.0 Å². The summed E-state index contributed by atoms with van der Waals surface area (Å²) in [5.74, 6) is 0. The van der Waals surface area contributed by atoms with Crippen molar-refractivity contribution < 1.29 is 4.74 Å². The van der Waals surface area contributed by atoms with Crippen LogP contribution in [0.3, 0.4) is 0 Å². The van der Waals surface area contributed by atoms with Gasteiger partial charge in [-0.2, -0.15) is 0 Å². The lowest BCUT2D eigenvalue weighted by atomic mass is 9.93. The fourth-order valence-electron chi connectivity index (χ4n) is 3.06. The minimum absolute atomic E-state index is 0.112. The molecular weight excluding hydrogens is 212 g/mol. The highest BCUT2D eigenvalue weighted by atomic mass is 16.5. The summed E-state index contributed by atoms with van der Waals surface area (Å²) in [4.78, 5) is 2.38. The molecule has 3 heteroatoms. The molecule has 0 bridgehead atoms. The van der Waals surface area contributed by atoms with Crippen molar-refractivity contribution in [2.24, 2.45) is 0 Å². The molecule has 0 saturated carbocycles. The number of nitrogen functional groups attached to an aromatic ring is 1. The third-order valence-electron chi connectivity index (χ3n) is 4.03. The number of ether oxygens (including phenoxy) is 1. The molecule has 2 aliphatic rings. The molecule has 0 amide bonds. The summed E-state index contributed by atoms with van der Waals surface area (Å²) in [5.41, 5.74) is 8.19. The molecule has 1 aromatic rings. The van der Waals surface area contributed by atoms with E-state index >= 15 is 0 Å². The smallest absolute Gasteiger partial charge is 0.0873 e. The molecule has 2 N–H and O–H groups in total. The van der Waals surface area contributed by atoms with Crippen molar-refractivity contribution in [2.75, 3.05) is 30.3 Å². The van der Waals surface area contributed by atoms with E-state index in [1.54, 1.807) is 0 Å². The largest absolute Gasteiger partial charge is 0.397 e. The quantitative estimate of drug-likeness (QED) is 0.756. The Labute approximate surface area is 103 Å². The van der Waals surface area contributed by atoms with E-state index in [4.69, 9.17) is 10.5 Å². The Morgan fingerprint density at radius 3 is 2.82 bits per heavy atom. The molecule has 3 rings (SSSR count). The van der Waals surface area contributed by atoms with Crippen LogP contribution in [0.15, 0.2) is 24.3 Å². The predicted molar refractivity (Wildman–Crippen MR) is 70.2 cm³/mol. The van der Waals surface area contributed by atoms with E-state index in [2.05, 4.69) is 17.0 Å². The molecule has 2 heterocycles. The molecule has 0 aromatic heterocycles. The zero-order valence-electron chi connectivity index (χ0n) is 10.2. The summed E-state index contributed by atoms with van der Waals surface area (Å²) in [7, 11) is 0. The van der Waals surface area contributed by atoms with Gasteiger partial charge in [0.2, 0.25) is 0 Å². The Balaban J connectivity index is 1.77. The maximum absolute atomic E-state index is 6.04. The summed E-state index contributed by atoms with van der Waals surface area (Å²) >= 11 is 0. The number of para-hydroxylation sites is 2. The van der Waals surface area contributed by atoms with Crippen molar-refractivity contribution in [3.63, 3.8) is 0 Å². The lowest BCUT2D eigenvalue weighted by Crippen LogP contribution is -2.39. The van der Waals surface area contributed by atoms with Gasteiger partial charge in [-0.15, -0.1) is 0 Å². The Morgan fingerprint density at radius 1 is 1.18 bits per heavy atom. The fourth-order valence-corrected chi connectivity index (χ4v) is 3.06. The van der Waals surface area contributed by atoms with Crippen LogP contribution in [0.25, 0.3) is 0 Å². The van der Waals surface area contributed by atoms with Crippen molar-refractivity contribution in [3.8, 4) is 0 Å². The minimum atomic E-state index is 0.112. The zero-order chi connectivity index (χ0) is 11.7. The van der Waals surface area contributed by atoms with Crippen LogP contribution in [-0.4, -0.2) is 25.3 Å². The van der Waals surface area contributed by atoms with E-state index in [0.717, 1.165) is 31.8 Å². The van der Waals surface area contributed by atoms with Crippen LogP contribution in [-0.2, 0) is 4.74 Å². The summed E-state index contributed by atoms with van der Waals surface area (Å²) in [6, 6.07) is 8.12. The van der Waals surface area contributed by atoms with E-state index in [-0.39, 0.29) is 5.60 Å². The monoisotopic (exact) mass is 232 g/mol. The third-order valence-corrected chi connectivity index (χ3v) is 4.03. The average Bonchev–Trinajstić information content (AvgIpc) is 2.74. The number of anilines is 2. The van der Waals surface area contributed by atoms with Gasteiger partial charge in [-0.3, -0.25) is 0 Å². The van der Waals surface area contributed by atoms with Crippen molar-refractivity contribution in [1.82, 2.24) is 0 Å². The number of hydrogen-bond acceptors (Lipinski definition) is 3. The zero-order valence-corrected chi connectivity index (χ0v) is 10.2. The van der Waals surface area contributed by atoms with Gasteiger partial charge in [-0.05, 0) is 37.8 Å². The SMILES string of the molecule is Nc1ccccc1N1CCC2(CCCCO2)C1. The lowest BCUT2D eigenvalue weighted by Gasteiger charge is -2.34. The van der Waals surface area contributed by atoms with Gasteiger partial charge < -0.3 is 15.4 Å². The van der Waals surface area contributed by atoms with Crippen molar-refractivity contribution in [2.45, 2.75) is 31.3 Å². The highest BCUT2D eigenvalue weighted by Gasteiger charge is 2.40. The van der Waals surface area contributed by atoms with Crippen LogP contribution in [0.4, 0.5) is 11.4 Å². The van der Waals surface area contributed by atoms with E-state index in [1.165, 1.54) is 24.9 Å².